The molecule has 1 fully saturated rings. The molecule has 19 heavy (non-hydrogen) atoms. The van der Waals surface area contributed by atoms with Gasteiger partial charge in [-0.1, -0.05) is 0 Å². The third-order valence-corrected chi connectivity index (χ3v) is 3.97. The van der Waals surface area contributed by atoms with E-state index >= 15 is 0 Å². The van der Waals surface area contributed by atoms with Gasteiger partial charge in [0.2, 0.25) is 0 Å². The van der Waals surface area contributed by atoms with Crippen LogP contribution in [-0.4, -0.2) is 39.9 Å². The minimum absolute atomic E-state index is 0.389. The second kappa shape index (κ2) is 5.19. The number of fused-ring (bicyclic) bond motifs is 1. The molecular weight excluding hydrogens is 240 g/mol. The lowest BCUT2D eigenvalue weighted by Crippen LogP contribution is -2.51. The number of aromatic nitrogens is 3. The lowest BCUT2D eigenvalue weighted by molar-refractivity contribution is 0.363. The lowest BCUT2D eigenvalue weighted by atomic mass is 9.93. The molecule has 1 aliphatic heterocycles. The SMILES string of the molecule is CN=C(NC1CCC1)NC1CCc2nc(C)nn2C1. The van der Waals surface area contributed by atoms with Crippen molar-refractivity contribution in [3.63, 3.8) is 0 Å². The monoisotopic (exact) mass is 262 g/mol. The van der Waals surface area contributed by atoms with Gasteiger partial charge in [0.1, 0.15) is 11.6 Å². The number of aryl methyl sites for hydroxylation is 2. The fourth-order valence-electron chi connectivity index (χ4n) is 2.66. The fraction of sp³-hybridized carbons (Fsp3) is 0.769. The van der Waals surface area contributed by atoms with Crippen LogP contribution in [0, 0.1) is 6.92 Å². The maximum Gasteiger partial charge on any atom is 0.191 e. The molecule has 1 aliphatic carbocycles. The highest BCUT2D eigenvalue weighted by molar-refractivity contribution is 5.80. The van der Waals surface area contributed by atoms with Gasteiger partial charge in [-0.15, -0.1) is 0 Å². The minimum Gasteiger partial charge on any atom is -0.354 e. The topological polar surface area (TPSA) is 67.1 Å². The molecule has 1 atom stereocenters. The van der Waals surface area contributed by atoms with E-state index in [-0.39, 0.29) is 0 Å². The molecule has 0 aromatic carbocycles. The standard InChI is InChI=1S/C13H22N6/c1-9-15-12-7-6-11(8-19(12)18-9)17-13(14-2)16-10-4-3-5-10/h10-11H,3-8H2,1-2H3,(H2,14,16,17). The van der Waals surface area contributed by atoms with Gasteiger partial charge in [0.05, 0.1) is 6.54 Å². The molecule has 2 N–H and O–H groups in total. The number of guanidine groups is 1. The van der Waals surface area contributed by atoms with Gasteiger partial charge in [-0.3, -0.25) is 4.99 Å². The van der Waals surface area contributed by atoms with E-state index in [2.05, 4.69) is 25.7 Å². The van der Waals surface area contributed by atoms with E-state index in [1.54, 1.807) is 0 Å². The molecule has 0 saturated heterocycles. The Kier molecular flexibility index (Phi) is 3.40. The molecule has 1 unspecified atom stereocenters. The molecule has 1 aromatic heterocycles. The zero-order valence-electron chi connectivity index (χ0n) is 11.7. The van der Waals surface area contributed by atoms with Gasteiger partial charge < -0.3 is 10.6 Å². The number of hydrogen-bond donors (Lipinski definition) is 2. The first-order chi connectivity index (χ1) is 9.24. The van der Waals surface area contributed by atoms with Crippen LogP contribution < -0.4 is 10.6 Å². The second-order valence-electron chi connectivity index (χ2n) is 5.48. The molecule has 2 heterocycles. The third-order valence-electron chi connectivity index (χ3n) is 3.97. The van der Waals surface area contributed by atoms with Gasteiger partial charge >= 0.3 is 0 Å². The number of nitrogens with zero attached hydrogens (tertiary/aromatic N) is 4. The van der Waals surface area contributed by atoms with Crippen LogP contribution in [0.5, 0.6) is 0 Å². The van der Waals surface area contributed by atoms with Crippen LogP contribution in [0.15, 0.2) is 4.99 Å². The van der Waals surface area contributed by atoms with E-state index in [9.17, 15) is 0 Å². The third kappa shape index (κ3) is 2.72. The summed E-state index contributed by atoms with van der Waals surface area (Å²) < 4.78 is 2.02. The largest absolute Gasteiger partial charge is 0.354 e. The van der Waals surface area contributed by atoms with Crippen molar-refractivity contribution in [1.82, 2.24) is 25.4 Å². The number of aliphatic imine (C=N–C) groups is 1. The second-order valence-corrected chi connectivity index (χ2v) is 5.48. The van der Waals surface area contributed by atoms with Crippen molar-refractivity contribution in [1.29, 1.82) is 0 Å². The molecular formula is C13H22N6. The van der Waals surface area contributed by atoms with Gasteiger partial charge in [-0.2, -0.15) is 5.10 Å². The average molecular weight is 262 g/mol. The summed E-state index contributed by atoms with van der Waals surface area (Å²) >= 11 is 0. The molecule has 104 valence electrons. The molecule has 6 nitrogen and oxygen atoms in total. The lowest BCUT2D eigenvalue weighted by Gasteiger charge is -2.31. The molecule has 0 spiro atoms. The number of nitrogens with one attached hydrogen (secondary N) is 2. The fourth-order valence-corrected chi connectivity index (χ4v) is 2.66. The summed E-state index contributed by atoms with van der Waals surface area (Å²) in [5, 5.41) is 11.4. The van der Waals surface area contributed by atoms with Gasteiger partial charge in [-0.25, -0.2) is 9.67 Å². The molecule has 1 aromatic rings. The Balaban J connectivity index is 1.58. The smallest absolute Gasteiger partial charge is 0.191 e. The van der Waals surface area contributed by atoms with E-state index in [0.717, 1.165) is 37.0 Å². The first-order valence-corrected chi connectivity index (χ1v) is 7.15. The summed E-state index contributed by atoms with van der Waals surface area (Å²) in [4.78, 5) is 8.75. The molecule has 1 saturated carbocycles. The summed E-state index contributed by atoms with van der Waals surface area (Å²) in [6.45, 7) is 2.83. The maximum atomic E-state index is 4.43. The van der Waals surface area contributed by atoms with Crippen molar-refractivity contribution < 1.29 is 0 Å². The number of rotatable bonds is 2. The van der Waals surface area contributed by atoms with Crippen molar-refractivity contribution >= 4 is 5.96 Å². The zero-order valence-corrected chi connectivity index (χ0v) is 11.7. The summed E-state index contributed by atoms with van der Waals surface area (Å²) in [6, 6.07) is 0.999. The first kappa shape index (κ1) is 12.4. The van der Waals surface area contributed by atoms with E-state index in [1.807, 2.05) is 18.7 Å². The zero-order chi connectivity index (χ0) is 13.2. The van der Waals surface area contributed by atoms with Crippen LogP contribution in [-0.2, 0) is 13.0 Å². The van der Waals surface area contributed by atoms with Crippen molar-refractivity contribution in [2.75, 3.05) is 7.05 Å². The van der Waals surface area contributed by atoms with Gasteiger partial charge in [0.15, 0.2) is 5.96 Å². The Hall–Kier alpha value is -1.59. The normalized spacial score (nSPS) is 23.7. The molecule has 6 heteroatoms. The molecule has 0 radical (unpaired) electrons. The summed E-state index contributed by atoms with van der Waals surface area (Å²) in [5.41, 5.74) is 0. The van der Waals surface area contributed by atoms with Crippen LogP contribution in [0.25, 0.3) is 0 Å². The Bertz CT molecular complexity index is 473. The highest BCUT2D eigenvalue weighted by Crippen LogP contribution is 2.18. The Morgan fingerprint density at radius 1 is 1.26 bits per heavy atom. The maximum absolute atomic E-state index is 4.43. The van der Waals surface area contributed by atoms with E-state index in [0.29, 0.717) is 12.1 Å². The van der Waals surface area contributed by atoms with Gasteiger partial charge in [-0.05, 0) is 32.6 Å². The van der Waals surface area contributed by atoms with E-state index < -0.39 is 0 Å². The van der Waals surface area contributed by atoms with Crippen LogP contribution in [0.3, 0.4) is 0 Å². The van der Waals surface area contributed by atoms with Crippen molar-refractivity contribution in [2.45, 2.75) is 57.7 Å². The van der Waals surface area contributed by atoms with Crippen LogP contribution in [0.2, 0.25) is 0 Å². The van der Waals surface area contributed by atoms with Crippen molar-refractivity contribution in [3.05, 3.63) is 11.6 Å². The molecule has 3 rings (SSSR count). The van der Waals surface area contributed by atoms with E-state index in [4.69, 9.17) is 0 Å². The summed E-state index contributed by atoms with van der Waals surface area (Å²) in [5.74, 6) is 2.90. The highest BCUT2D eigenvalue weighted by Gasteiger charge is 2.23. The minimum atomic E-state index is 0.389. The van der Waals surface area contributed by atoms with Gasteiger partial charge in [0, 0.05) is 25.6 Å². The molecule has 2 aliphatic rings. The Labute approximate surface area is 113 Å². The summed E-state index contributed by atoms with van der Waals surface area (Å²) in [7, 11) is 1.84. The van der Waals surface area contributed by atoms with Crippen LogP contribution in [0.1, 0.15) is 37.3 Å². The molecule has 0 bridgehead atoms. The first-order valence-electron chi connectivity index (χ1n) is 7.15. The van der Waals surface area contributed by atoms with Gasteiger partial charge in [0.25, 0.3) is 0 Å². The predicted molar refractivity (Wildman–Crippen MR) is 74.1 cm³/mol. The Morgan fingerprint density at radius 2 is 2.05 bits per heavy atom. The van der Waals surface area contributed by atoms with Crippen LogP contribution in [0.4, 0.5) is 0 Å². The quantitative estimate of drug-likeness (QED) is 0.605. The van der Waals surface area contributed by atoms with Crippen molar-refractivity contribution in [3.8, 4) is 0 Å². The Morgan fingerprint density at radius 3 is 2.74 bits per heavy atom. The van der Waals surface area contributed by atoms with Crippen molar-refractivity contribution in [2.24, 2.45) is 4.99 Å². The molecule has 0 amide bonds. The summed E-state index contributed by atoms with van der Waals surface area (Å²) in [6.07, 6.45) is 5.93. The highest BCUT2D eigenvalue weighted by atomic mass is 15.4. The van der Waals surface area contributed by atoms with E-state index in [1.165, 1.54) is 19.3 Å². The van der Waals surface area contributed by atoms with Crippen LogP contribution >= 0.6 is 0 Å². The number of hydrogen-bond acceptors (Lipinski definition) is 3. The predicted octanol–water partition coefficient (Wildman–Crippen LogP) is 0.619. The average Bonchev–Trinajstić information content (AvgIpc) is 2.71.